The number of aromatic nitrogens is 3. The van der Waals surface area contributed by atoms with Gasteiger partial charge in [0.2, 0.25) is 11.7 Å². The van der Waals surface area contributed by atoms with E-state index in [1.165, 1.54) is 0 Å². The van der Waals surface area contributed by atoms with Crippen molar-refractivity contribution in [2.45, 2.75) is 20.3 Å². The number of rotatable bonds is 3. The molecule has 0 aliphatic rings. The lowest BCUT2D eigenvalue weighted by Crippen LogP contribution is -1.92. The maximum absolute atomic E-state index is 9.46. The van der Waals surface area contributed by atoms with Gasteiger partial charge in [0.15, 0.2) is 0 Å². The summed E-state index contributed by atoms with van der Waals surface area (Å²) in [6.07, 6.45) is 2.26. The van der Waals surface area contributed by atoms with Crippen LogP contribution in [0.1, 0.15) is 22.6 Å². The van der Waals surface area contributed by atoms with Crippen molar-refractivity contribution in [3.05, 3.63) is 59.1 Å². The van der Waals surface area contributed by atoms with E-state index in [4.69, 9.17) is 4.52 Å². The molecule has 2 heterocycles. The Morgan fingerprint density at radius 1 is 1.19 bits per heavy atom. The number of phenolic OH excluding ortho intramolecular Hbond substituents is 1. The van der Waals surface area contributed by atoms with Gasteiger partial charge in [-0.1, -0.05) is 23.4 Å². The third kappa shape index (κ3) is 2.91. The molecule has 3 aromatic rings. The smallest absolute Gasteiger partial charge is 0.231 e. The van der Waals surface area contributed by atoms with Crippen LogP contribution in [-0.2, 0) is 6.42 Å². The normalized spacial score (nSPS) is 10.8. The molecule has 0 aliphatic heterocycles. The van der Waals surface area contributed by atoms with E-state index in [0.29, 0.717) is 18.1 Å². The Balaban J connectivity index is 1.86. The third-order valence-corrected chi connectivity index (χ3v) is 3.16. The van der Waals surface area contributed by atoms with Crippen LogP contribution in [0.25, 0.3) is 11.5 Å². The van der Waals surface area contributed by atoms with Gasteiger partial charge < -0.3 is 9.63 Å². The summed E-state index contributed by atoms with van der Waals surface area (Å²) in [6.45, 7) is 3.97. The van der Waals surface area contributed by atoms with Gasteiger partial charge >= 0.3 is 0 Å². The van der Waals surface area contributed by atoms with Gasteiger partial charge in [0.05, 0.1) is 6.42 Å². The molecular weight excluding hydrogens is 266 g/mol. The van der Waals surface area contributed by atoms with Crippen LogP contribution in [0.4, 0.5) is 0 Å². The minimum atomic E-state index is 0.225. The monoisotopic (exact) mass is 281 g/mol. The van der Waals surface area contributed by atoms with Crippen molar-refractivity contribution in [2.24, 2.45) is 0 Å². The van der Waals surface area contributed by atoms with Gasteiger partial charge in [-0.15, -0.1) is 0 Å². The first-order valence-corrected chi connectivity index (χ1v) is 6.66. The van der Waals surface area contributed by atoms with E-state index in [1.54, 1.807) is 24.4 Å². The molecule has 0 amide bonds. The largest absolute Gasteiger partial charge is 0.508 e. The highest BCUT2D eigenvalue weighted by Gasteiger charge is 2.12. The number of pyridine rings is 1. The second-order valence-corrected chi connectivity index (χ2v) is 5.04. The molecule has 106 valence electrons. The van der Waals surface area contributed by atoms with Crippen molar-refractivity contribution >= 4 is 0 Å². The molecule has 0 aliphatic carbocycles. The molecule has 0 fully saturated rings. The average Bonchev–Trinajstić information content (AvgIpc) is 2.87. The van der Waals surface area contributed by atoms with Gasteiger partial charge in [-0.05, 0) is 42.7 Å². The number of phenols is 1. The van der Waals surface area contributed by atoms with Crippen LogP contribution in [0.15, 0.2) is 41.1 Å². The van der Waals surface area contributed by atoms with Crippen LogP contribution >= 0.6 is 0 Å². The second-order valence-electron chi connectivity index (χ2n) is 5.04. The van der Waals surface area contributed by atoms with Crippen molar-refractivity contribution in [1.82, 2.24) is 15.1 Å². The zero-order valence-electron chi connectivity index (χ0n) is 11.9. The minimum Gasteiger partial charge on any atom is -0.508 e. The summed E-state index contributed by atoms with van der Waals surface area (Å²) in [7, 11) is 0. The van der Waals surface area contributed by atoms with E-state index in [-0.39, 0.29) is 5.75 Å². The first-order chi connectivity index (χ1) is 10.1. The molecule has 0 radical (unpaired) electrons. The first-order valence-electron chi connectivity index (χ1n) is 6.66. The summed E-state index contributed by atoms with van der Waals surface area (Å²) in [6, 6.07) is 9.03. The standard InChI is InChI=1S/C16H15N3O2/c1-10-6-11(2)15(17-9-10)16-18-14(21-19-16)8-12-4-3-5-13(20)7-12/h3-7,9,20H,8H2,1-2H3. The van der Waals surface area contributed by atoms with Crippen LogP contribution in [0.5, 0.6) is 5.75 Å². The highest BCUT2D eigenvalue weighted by molar-refractivity contribution is 5.54. The SMILES string of the molecule is Cc1cnc(-c2noc(Cc3cccc(O)c3)n2)c(C)c1. The lowest BCUT2D eigenvalue weighted by atomic mass is 10.1. The molecule has 5 nitrogen and oxygen atoms in total. The molecule has 21 heavy (non-hydrogen) atoms. The second kappa shape index (κ2) is 5.36. The van der Waals surface area contributed by atoms with Gasteiger partial charge in [0.25, 0.3) is 0 Å². The van der Waals surface area contributed by atoms with Gasteiger partial charge in [-0.3, -0.25) is 4.98 Å². The molecule has 2 aromatic heterocycles. The summed E-state index contributed by atoms with van der Waals surface area (Å²) < 4.78 is 5.27. The van der Waals surface area contributed by atoms with Gasteiger partial charge in [0.1, 0.15) is 11.4 Å². The van der Waals surface area contributed by atoms with Crippen LogP contribution in [-0.4, -0.2) is 20.2 Å². The molecule has 0 atom stereocenters. The van der Waals surface area contributed by atoms with Gasteiger partial charge in [-0.2, -0.15) is 4.98 Å². The van der Waals surface area contributed by atoms with Crippen molar-refractivity contribution in [1.29, 1.82) is 0 Å². The maximum atomic E-state index is 9.46. The summed E-state index contributed by atoms with van der Waals surface area (Å²) >= 11 is 0. The molecule has 0 spiro atoms. The third-order valence-electron chi connectivity index (χ3n) is 3.16. The Bertz CT molecular complexity index is 781. The fourth-order valence-electron chi connectivity index (χ4n) is 2.21. The highest BCUT2D eigenvalue weighted by atomic mass is 16.5. The molecule has 0 saturated carbocycles. The van der Waals surface area contributed by atoms with Crippen molar-refractivity contribution in [3.8, 4) is 17.3 Å². The number of hydrogen-bond donors (Lipinski definition) is 1. The predicted octanol–water partition coefficient (Wildman–Crippen LogP) is 3.04. The van der Waals surface area contributed by atoms with Crippen molar-refractivity contribution in [3.63, 3.8) is 0 Å². The number of aryl methyl sites for hydroxylation is 2. The zero-order valence-corrected chi connectivity index (χ0v) is 11.9. The Hall–Kier alpha value is -2.69. The molecule has 1 N–H and O–H groups in total. The molecule has 0 saturated heterocycles. The number of benzene rings is 1. The first kappa shape index (κ1) is 13.3. The fourth-order valence-corrected chi connectivity index (χ4v) is 2.21. The van der Waals surface area contributed by atoms with Crippen LogP contribution < -0.4 is 0 Å². The molecule has 3 rings (SSSR count). The van der Waals surface area contributed by atoms with E-state index in [0.717, 1.165) is 22.4 Å². The Morgan fingerprint density at radius 2 is 2.05 bits per heavy atom. The summed E-state index contributed by atoms with van der Waals surface area (Å²) in [5.74, 6) is 1.21. The summed E-state index contributed by atoms with van der Waals surface area (Å²) in [5, 5.41) is 13.4. The van der Waals surface area contributed by atoms with Crippen LogP contribution in [0.3, 0.4) is 0 Å². The Kier molecular flexibility index (Phi) is 3.39. The van der Waals surface area contributed by atoms with Gasteiger partial charge in [0, 0.05) is 6.20 Å². The van der Waals surface area contributed by atoms with Crippen LogP contribution in [0.2, 0.25) is 0 Å². The molecular formula is C16H15N3O2. The van der Waals surface area contributed by atoms with E-state index >= 15 is 0 Å². The van der Waals surface area contributed by atoms with E-state index in [1.807, 2.05) is 26.0 Å². The lowest BCUT2D eigenvalue weighted by Gasteiger charge is -2.00. The Labute approximate surface area is 122 Å². The average molecular weight is 281 g/mol. The summed E-state index contributed by atoms with van der Waals surface area (Å²) in [4.78, 5) is 8.73. The van der Waals surface area contributed by atoms with Crippen LogP contribution in [0, 0.1) is 13.8 Å². The van der Waals surface area contributed by atoms with E-state index < -0.39 is 0 Å². The quantitative estimate of drug-likeness (QED) is 0.798. The number of nitrogens with zero attached hydrogens (tertiary/aromatic N) is 3. The molecule has 1 aromatic carbocycles. The van der Waals surface area contributed by atoms with Gasteiger partial charge in [-0.25, -0.2) is 0 Å². The Morgan fingerprint density at radius 3 is 2.81 bits per heavy atom. The number of aromatic hydroxyl groups is 1. The van der Waals surface area contributed by atoms with E-state index in [9.17, 15) is 5.11 Å². The predicted molar refractivity (Wildman–Crippen MR) is 77.9 cm³/mol. The number of hydrogen-bond acceptors (Lipinski definition) is 5. The molecule has 0 unspecified atom stereocenters. The zero-order chi connectivity index (χ0) is 14.8. The molecule has 5 heteroatoms. The fraction of sp³-hybridized carbons (Fsp3) is 0.188. The summed E-state index contributed by atoms with van der Waals surface area (Å²) in [5.41, 5.74) is 3.75. The van der Waals surface area contributed by atoms with Crippen molar-refractivity contribution < 1.29 is 9.63 Å². The molecule has 0 bridgehead atoms. The highest BCUT2D eigenvalue weighted by Crippen LogP contribution is 2.20. The van der Waals surface area contributed by atoms with E-state index in [2.05, 4.69) is 15.1 Å². The van der Waals surface area contributed by atoms with Crippen molar-refractivity contribution in [2.75, 3.05) is 0 Å². The topological polar surface area (TPSA) is 72.0 Å². The lowest BCUT2D eigenvalue weighted by molar-refractivity contribution is 0.385. The maximum Gasteiger partial charge on any atom is 0.231 e. The minimum absolute atomic E-state index is 0.225.